The second-order valence-corrected chi connectivity index (χ2v) is 10.5. The zero-order chi connectivity index (χ0) is 24.7. The van der Waals surface area contributed by atoms with E-state index < -0.39 is 6.10 Å². The van der Waals surface area contributed by atoms with E-state index in [0.717, 1.165) is 29.0 Å². The molecular weight excluding hydrogens is 474 g/mol. The second-order valence-electron chi connectivity index (χ2n) is 9.53. The van der Waals surface area contributed by atoms with Crippen LogP contribution in [0.15, 0.2) is 66.2 Å². The van der Waals surface area contributed by atoms with E-state index in [0.29, 0.717) is 32.7 Å². The molecule has 2 fully saturated rings. The molecule has 2 aliphatic rings. The summed E-state index contributed by atoms with van der Waals surface area (Å²) in [6.07, 6.45) is 3.04. The summed E-state index contributed by atoms with van der Waals surface area (Å²) in [6, 6.07) is 18.7. The number of aliphatic hydroxyl groups excluding tert-OH is 1. The van der Waals surface area contributed by atoms with Crippen LogP contribution < -0.4 is 5.32 Å². The average molecular weight is 508 g/mol. The van der Waals surface area contributed by atoms with Crippen LogP contribution in [0.2, 0.25) is 0 Å². The quantitative estimate of drug-likeness (QED) is 0.508. The van der Waals surface area contributed by atoms with Crippen molar-refractivity contribution >= 4 is 17.2 Å². The predicted octanol–water partition coefficient (Wildman–Crippen LogP) is 3.63. The molecule has 2 N–H and O–H groups in total. The molecule has 4 atom stereocenters. The standard InChI is InChI=1S/C28H33N3O4S/c32-23-16-31(17-28-29-12-13-36-28)25-11-10-24(35-26(25)19-34-18-23)14-27(33)30-15-20-6-8-22(9-7-20)21-4-2-1-3-5-21/h1-9,12-13,23-26,32H,10-11,14-19H2,(H,30,33)/t23-,24-,25-,26+/m0/s1. The van der Waals surface area contributed by atoms with Crippen molar-refractivity contribution in [1.29, 1.82) is 0 Å². The molecule has 3 aromatic rings. The molecule has 190 valence electrons. The van der Waals surface area contributed by atoms with Gasteiger partial charge in [0.15, 0.2) is 0 Å². The maximum atomic E-state index is 12.7. The molecule has 5 rings (SSSR count). The number of rotatable bonds is 7. The van der Waals surface area contributed by atoms with E-state index in [1.807, 2.05) is 29.8 Å². The number of fused-ring (bicyclic) bond motifs is 1. The van der Waals surface area contributed by atoms with Gasteiger partial charge in [0.25, 0.3) is 0 Å². The highest BCUT2D eigenvalue weighted by Gasteiger charge is 2.38. The van der Waals surface area contributed by atoms with E-state index >= 15 is 0 Å². The minimum absolute atomic E-state index is 0.00703. The van der Waals surface area contributed by atoms with Gasteiger partial charge in [-0.1, -0.05) is 54.6 Å². The number of carbonyl (C=O) groups is 1. The summed E-state index contributed by atoms with van der Waals surface area (Å²) in [4.78, 5) is 19.4. The molecule has 2 aromatic carbocycles. The van der Waals surface area contributed by atoms with Gasteiger partial charge in [0, 0.05) is 30.7 Å². The fourth-order valence-electron chi connectivity index (χ4n) is 5.06. The van der Waals surface area contributed by atoms with Crippen LogP contribution in [0, 0.1) is 0 Å². The number of nitrogens with zero attached hydrogens (tertiary/aromatic N) is 2. The van der Waals surface area contributed by atoms with Crippen LogP contribution in [0.3, 0.4) is 0 Å². The summed E-state index contributed by atoms with van der Waals surface area (Å²) in [5.74, 6) is -0.00703. The van der Waals surface area contributed by atoms with Crippen LogP contribution in [-0.2, 0) is 27.4 Å². The number of aromatic nitrogens is 1. The van der Waals surface area contributed by atoms with Gasteiger partial charge < -0.3 is 19.9 Å². The molecule has 8 heteroatoms. The van der Waals surface area contributed by atoms with E-state index in [1.54, 1.807) is 11.3 Å². The molecule has 0 bridgehead atoms. The van der Waals surface area contributed by atoms with E-state index in [1.165, 1.54) is 5.56 Å². The highest BCUT2D eigenvalue weighted by Crippen LogP contribution is 2.29. The van der Waals surface area contributed by atoms with Gasteiger partial charge >= 0.3 is 0 Å². The van der Waals surface area contributed by atoms with Crippen molar-refractivity contribution in [3.8, 4) is 11.1 Å². The Morgan fingerprint density at radius 3 is 2.67 bits per heavy atom. The molecular formula is C28H33N3O4S. The molecule has 1 amide bonds. The SMILES string of the molecule is O=C(C[C@@H]1CC[C@H]2[C@@H](COC[C@@H](O)CN2Cc2nccs2)O1)NCc1ccc(-c2ccccc2)cc1. The first-order valence-corrected chi connectivity index (χ1v) is 13.5. The number of thiazole rings is 1. The maximum absolute atomic E-state index is 12.7. The predicted molar refractivity (Wildman–Crippen MR) is 139 cm³/mol. The normalized spacial score (nSPS) is 24.9. The fraction of sp³-hybridized carbons (Fsp3) is 0.429. The molecule has 0 aliphatic carbocycles. The molecule has 3 heterocycles. The van der Waals surface area contributed by atoms with Crippen LogP contribution in [0.1, 0.15) is 29.8 Å². The third kappa shape index (κ3) is 6.57. The molecule has 2 aliphatic heterocycles. The summed E-state index contributed by atoms with van der Waals surface area (Å²) in [7, 11) is 0. The lowest BCUT2D eigenvalue weighted by Crippen LogP contribution is -2.55. The maximum Gasteiger partial charge on any atom is 0.222 e. The molecule has 0 unspecified atom stereocenters. The summed E-state index contributed by atoms with van der Waals surface area (Å²) < 4.78 is 12.1. The number of benzene rings is 2. The van der Waals surface area contributed by atoms with Gasteiger partial charge in [-0.15, -0.1) is 11.3 Å². The molecule has 0 saturated carbocycles. The zero-order valence-corrected chi connectivity index (χ0v) is 21.1. The van der Waals surface area contributed by atoms with Gasteiger partial charge in [0.2, 0.25) is 5.91 Å². The smallest absolute Gasteiger partial charge is 0.222 e. The lowest BCUT2D eigenvalue weighted by molar-refractivity contribution is -0.158. The Kier molecular flexibility index (Phi) is 8.40. The highest BCUT2D eigenvalue weighted by atomic mass is 32.1. The summed E-state index contributed by atoms with van der Waals surface area (Å²) >= 11 is 1.62. The van der Waals surface area contributed by atoms with Crippen LogP contribution in [-0.4, -0.2) is 65.0 Å². The second kappa shape index (κ2) is 12.1. The summed E-state index contributed by atoms with van der Waals surface area (Å²) in [5, 5.41) is 16.4. The van der Waals surface area contributed by atoms with E-state index in [4.69, 9.17) is 9.47 Å². The zero-order valence-electron chi connectivity index (χ0n) is 20.3. The van der Waals surface area contributed by atoms with Crippen molar-refractivity contribution in [2.45, 2.75) is 56.7 Å². The van der Waals surface area contributed by atoms with Gasteiger partial charge in [0.1, 0.15) is 5.01 Å². The Labute approximate surface area is 216 Å². The largest absolute Gasteiger partial charge is 0.389 e. The van der Waals surface area contributed by atoms with Crippen molar-refractivity contribution in [2.24, 2.45) is 0 Å². The third-order valence-corrected chi connectivity index (χ3v) is 7.64. The third-order valence-electron chi connectivity index (χ3n) is 6.87. The van der Waals surface area contributed by atoms with Crippen LogP contribution in [0.5, 0.6) is 0 Å². The molecule has 2 saturated heterocycles. The Balaban J connectivity index is 1.13. The number of β-amino-alcohol motifs (C(OH)–C–C–N with tert-alkyl or cyclic N) is 1. The number of amides is 1. The molecule has 0 spiro atoms. The highest BCUT2D eigenvalue weighted by molar-refractivity contribution is 7.09. The Morgan fingerprint density at radius 1 is 1.08 bits per heavy atom. The first kappa shape index (κ1) is 25.0. The number of nitrogens with one attached hydrogen (secondary N) is 1. The minimum atomic E-state index is -0.531. The first-order valence-electron chi connectivity index (χ1n) is 12.6. The first-order chi connectivity index (χ1) is 17.6. The van der Waals surface area contributed by atoms with Crippen LogP contribution >= 0.6 is 11.3 Å². The molecule has 0 radical (unpaired) electrons. The fourth-order valence-corrected chi connectivity index (χ4v) is 5.70. The monoisotopic (exact) mass is 507 g/mol. The number of ether oxygens (including phenoxy) is 2. The van der Waals surface area contributed by atoms with Crippen molar-refractivity contribution in [1.82, 2.24) is 15.2 Å². The van der Waals surface area contributed by atoms with Crippen molar-refractivity contribution in [2.75, 3.05) is 19.8 Å². The van der Waals surface area contributed by atoms with Crippen LogP contribution in [0.4, 0.5) is 0 Å². The topological polar surface area (TPSA) is 83.9 Å². The van der Waals surface area contributed by atoms with Gasteiger partial charge in [0.05, 0.1) is 44.5 Å². The average Bonchev–Trinajstić information content (AvgIpc) is 3.40. The van der Waals surface area contributed by atoms with E-state index in [2.05, 4.69) is 51.6 Å². The lowest BCUT2D eigenvalue weighted by Gasteiger charge is -2.44. The van der Waals surface area contributed by atoms with Gasteiger partial charge in [-0.25, -0.2) is 4.98 Å². The molecule has 7 nitrogen and oxygen atoms in total. The number of aliphatic hydroxyl groups is 1. The van der Waals surface area contributed by atoms with Gasteiger partial charge in [-0.05, 0) is 29.5 Å². The lowest BCUT2D eigenvalue weighted by atomic mass is 9.94. The van der Waals surface area contributed by atoms with Crippen molar-refractivity contribution in [3.05, 3.63) is 76.7 Å². The van der Waals surface area contributed by atoms with E-state index in [-0.39, 0.29) is 30.8 Å². The van der Waals surface area contributed by atoms with Crippen LogP contribution in [0.25, 0.3) is 11.1 Å². The Morgan fingerprint density at radius 2 is 1.89 bits per heavy atom. The Bertz CT molecular complexity index is 1090. The summed E-state index contributed by atoms with van der Waals surface area (Å²) in [5.41, 5.74) is 3.41. The Hall–Kier alpha value is -2.62. The van der Waals surface area contributed by atoms with Crippen molar-refractivity contribution in [3.63, 3.8) is 0 Å². The van der Waals surface area contributed by atoms with Gasteiger partial charge in [-0.2, -0.15) is 0 Å². The number of carbonyl (C=O) groups excluding carboxylic acids is 1. The number of hydrogen-bond acceptors (Lipinski definition) is 7. The summed E-state index contributed by atoms with van der Waals surface area (Å²) in [6.45, 7) is 2.41. The number of hydrogen-bond donors (Lipinski definition) is 2. The minimum Gasteiger partial charge on any atom is -0.389 e. The molecule has 1 aromatic heterocycles. The van der Waals surface area contributed by atoms with Crippen molar-refractivity contribution < 1.29 is 19.4 Å². The molecule has 36 heavy (non-hydrogen) atoms. The van der Waals surface area contributed by atoms with Gasteiger partial charge in [-0.3, -0.25) is 9.69 Å². The van der Waals surface area contributed by atoms with E-state index in [9.17, 15) is 9.90 Å².